The van der Waals surface area contributed by atoms with Crippen molar-refractivity contribution in [2.24, 2.45) is 0 Å². The lowest BCUT2D eigenvalue weighted by molar-refractivity contribution is -0.138. The van der Waals surface area contributed by atoms with Gasteiger partial charge in [0.1, 0.15) is 0 Å². The Kier molecular flexibility index (Phi) is 3.98. The van der Waals surface area contributed by atoms with Crippen molar-refractivity contribution in [3.63, 3.8) is 0 Å². The fraction of sp³-hybridized carbons (Fsp3) is 0.267. The highest BCUT2D eigenvalue weighted by molar-refractivity contribution is 5.98. The number of carbonyl (C=O) groups is 2. The van der Waals surface area contributed by atoms with E-state index in [-0.39, 0.29) is 5.78 Å². The molecular weight excluding hydrogens is 256 g/mol. The third-order valence-corrected chi connectivity index (χ3v) is 3.32. The molecule has 0 radical (unpaired) electrons. The van der Waals surface area contributed by atoms with Crippen molar-refractivity contribution in [1.82, 2.24) is 9.55 Å². The average molecular weight is 272 g/mol. The molecule has 2 atom stereocenters. The number of hydrogen-bond acceptors (Lipinski definition) is 3. The van der Waals surface area contributed by atoms with Crippen molar-refractivity contribution >= 4 is 11.8 Å². The molecule has 0 fully saturated rings. The first-order valence-corrected chi connectivity index (χ1v) is 6.36. The van der Waals surface area contributed by atoms with E-state index in [1.807, 2.05) is 18.2 Å². The van der Waals surface area contributed by atoms with Crippen LogP contribution in [-0.4, -0.2) is 26.4 Å². The van der Waals surface area contributed by atoms with Gasteiger partial charge in [0.2, 0.25) is 0 Å². The number of carboxylic acid groups (broad SMARTS) is 1. The maximum atomic E-state index is 12.3. The summed E-state index contributed by atoms with van der Waals surface area (Å²) in [5, 5.41) is 8.95. The van der Waals surface area contributed by atoms with Gasteiger partial charge in [-0.1, -0.05) is 30.3 Å². The zero-order chi connectivity index (χ0) is 14.7. The number of carboxylic acids is 1. The molecule has 0 saturated heterocycles. The van der Waals surface area contributed by atoms with E-state index in [1.165, 1.54) is 6.33 Å². The predicted octanol–water partition coefficient (Wildman–Crippen LogP) is 2.52. The smallest absolute Gasteiger partial charge is 0.312 e. The molecule has 0 saturated carbocycles. The summed E-state index contributed by atoms with van der Waals surface area (Å²) in [6.07, 6.45) is 3.12. The van der Waals surface area contributed by atoms with Crippen LogP contribution >= 0.6 is 0 Å². The normalized spacial score (nSPS) is 13.7. The Morgan fingerprint density at radius 1 is 1.20 bits per heavy atom. The lowest BCUT2D eigenvalue weighted by Crippen LogP contribution is -2.15. The minimum atomic E-state index is -0.933. The van der Waals surface area contributed by atoms with E-state index in [2.05, 4.69) is 4.98 Å². The van der Waals surface area contributed by atoms with Crippen LogP contribution in [0.1, 0.15) is 41.9 Å². The van der Waals surface area contributed by atoms with Gasteiger partial charge in [-0.05, 0) is 13.8 Å². The number of Topliss-reactive ketones (excluding diaryl/α,β-unsaturated/α-hetero) is 1. The molecule has 2 rings (SSSR count). The Morgan fingerprint density at radius 2 is 1.85 bits per heavy atom. The second-order valence-corrected chi connectivity index (χ2v) is 4.71. The van der Waals surface area contributed by atoms with Crippen LogP contribution in [0.5, 0.6) is 0 Å². The van der Waals surface area contributed by atoms with Crippen molar-refractivity contribution in [2.75, 3.05) is 0 Å². The molecule has 20 heavy (non-hydrogen) atoms. The van der Waals surface area contributed by atoms with Gasteiger partial charge < -0.3 is 9.67 Å². The van der Waals surface area contributed by atoms with Crippen LogP contribution in [0.4, 0.5) is 0 Å². The fourth-order valence-electron chi connectivity index (χ4n) is 1.89. The number of rotatable bonds is 5. The SMILES string of the molecule is CC(C(=O)O)c1cn(C(C)C(=O)c2ccccc2)cn1. The summed E-state index contributed by atoms with van der Waals surface area (Å²) < 4.78 is 1.64. The van der Waals surface area contributed by atoms with Crippen LogP contribution in [0.3, 0.4) is 0 Å². The molecule has 104 valence electrons. The van der Waals surface area contributed by atoms with Gasteiger partial charge in [-0.15, -0.1) is 0 Å². The van der Waals surface area contributed by atoms with E-state index in [0.717, 1.165) is 0 Å². The largest absolute Gasteiger partial charge is 0.481 e. The van der Waals surface area contributed by atoms with Gasteiger partial charge in [-0.25, -0.2) is 4.98 Å². The molecule has 2 unspecified atom stereocenters. The van der Waals surface area contributed by atoms with Gasteiger partial charge >= 0.3 is 5.97 Å². The first-order valence-electron chi connectivity index (χ1n) is 6.36. The van der Waals surface area contributed by atoms with Crippen molar-refractivity contribution < 1.29 is 14.7 Å². The van der Waals surface area contributed by atoms with E-state index < -0.39 is 17.9 Å². The van der Waals surface area contributed by atoms with Crippen LogP contribution in [-0.2, 0) is 4.79 Å². The Bertz CT molecular complexity index is 619. The summed E-state index contributed by atoms with van der Waals surface area (Å²) in [5.74, 6) is -1.65. The highest BCUT2D eigenvalue weighted by Gasteiger charge is 2.20. The maximum absolute atomic E-state index is 12.3. The van der Waals surface area contributed by atoms with E-state index >= 15 is 0 Å². The number of benzene rings is 1. The van der Waals surface area contributed by atoms with Crippen molar-refractivity contribution in [2.45, 2.75) is 25.8 Å². The van der Waals surface area contributed by atoms with Gasteiger partial charge in [0.25, 0.3) is 0 Å². The number of aromatic nitrogens is 2. The van der Waals surface area contributed by atoms with Crippen LogP contribution in [0, 0.1) is 0 Å². The van der Waals surface area contributed by atoms with Gasteiger partial charge in [0.05, 0.1) is 24.0 Å². The summed E-state index contributed by atoms with van der Waals surface area (Å²) >= 11 is 0. The zero-order valence-corrected chi connectivity index (χ0v) is 11.4. The topological polar surface area (TPSA) is 72.2 Å². The summed E-state index contributed by atoms with van der Waals surface area (Å²) in [6, 6.07) is 8.58. The molecule has 1 aromatic heterocycles. The number of hydrogen-bond donors (Lipinski definition) is 1. The van der Waals surface area contributed by atoms with Crippen molar-refractivity contribution in [3.8, 4) is 0 Å². The molecule has 0 spiro atoms. The molecule has 0 bridgehead atoms. The number of nitrogens with zero attached hydrogens (tertiary/aromatic N) is 2. The molecule has 0 aliphatic heterocycles. The van der Waals surface area contributed by atoms with Crippen LogP contribution in [0.2, 0.25) is 0 Å². The first-order chi connectivity index (χ1) is 9.50. The average Bonchev–Trinajstić information content (AvgIpc) is 2.95. The summed E-state index contributed by atoms with van der Waals surface area (Å²) in [7, 11) is 0. The molecule has 5 nitrogen and oxygen atoms in total. The lowest BCUT2D eigenvalue weighted by Gasteiger charge is -2.11. The minimum absolute atomic E-state index is 0.0301. The van der Waals surface area contributed by atoms with E-state index in [9.17, 15) is 9.59 Å². The second kappa shape index (κ2) is 5.69. The molecule has 2 aromatic rings. The van der Waals surface area contributed by atoms with E-state index in [4.69, 9.17) is 5.11 Å². The summed E-state index contributed by atoms with van der Waals surface area (Å²) in [6.45, 7) is 3.34. The lowest BCUT2D eigenvalue weighted by atomic mass is 10.1. The van der Waals surface area contributed by atoms with Crippen molar-refractivity contribution in [1.29, 1.82) is 0 Å². The number of ketones is 1. The van der Waals surface area contributed by atoms with Crippen molar-refractivity contribution in [3.05, 3.63) is 54.1 Å². The summed E-state index contributed by atoms with van der Waals surface area (Å²) in [4.78, 5) is 27.3. The van der Waals surface area contributed by atoms with Crippen LogP contribution in [0.15, 0.2) is 42.9 Å². The Morgan fingerprint density at radius 3 is 2.45 bits per heavy atom. The maximum Gasteiger partial charge on any atom is 0.312 e. The quantitative estimate of drug-likeness (QED) is 0.849. The first kappa shape index (κ1) is 14.0. The number of carbonyl (C=O) groups excluding carboxylic acids is 1. The standard InChI is InChI=1S/C15H16N2O3/c1-10(15(19)20)13-8-17(9-16-13)11(2)14(18)12-6-4-3-5-7-12/h3-11H,1-2H3,(H,19,20). The number of aliphatic carboxylic acids is 1. The molecule has 5 heteroatoms. The highest BCUT2D eigenvalue weighted by Crippen LogP contribution is 2.18. The highest BCUT2D eigenvalue weighted by atomic mass is 16.4. The monoisotopic (exact) mass is 272 g/mol. The molecule has 1 heterocycles. The summed E-state index contributed by atoms with van der Waals surface area (Å²) in [5.41, 5.74) is 1.08. The molecule has 1 aromatic carbocycles. The van der Waals surface area contributed by atoms with Crippen LogP contribution in [0.25, 0.3) is 0 Å². The Balaban J connectivity index is 2.20. The third-order valence-electron chi connectivity index (χ3n) is 3.32. The molecule has 0 aliphatic rings. The van der Waals surface area contributed by atoms with Crippen LogP contribution < -0.4 is 0 Å². The second-order valence-electron chi connectivity index (χ2n) is 4.71. The van der Waals surface area contributed by atoms with Gasteiger partial charge in [0.15, 0.2) is 5.78 Å². The number of imidazole rings is 1. The zero-order valence-electron chi connectivity index (χ0n) is 11.4. The molecule has 0 aliphatic carbocycles. The predicted molar refractivity (Wildman–Crippen MR) is 73.8 cm³/mol. The molecular formula is C15H16N2O3. The molecule has 0 amide bonds. The van der Waals surface area contributed by atoms with Gasteiger partial charge in [-0.3, -0.25) is 9.59 Å². The molecule has 1 N–H and O–H groups in total. The van der Waals surface area contributed by atoms with E-state index in [1.54, 1.807) is 36.7 Å². The Hall–Kier alpha value is -2.43. The van der Waals surface area contributed by atoms with E-state index in [0.29, 0.717) is 11.3 Å². The third kappa shape index (κ3) is 2.77. The van der Waals surface area contributed by atoms with Gasteiger partial charge in [0, 0.05) is 11.8 Å². The minimum Gasteiger partial charge on any atom is -0.481 e. The van der Waals surface area contributed by atoms with Gasteiger partial charge in [-0.2, -0.15) is 0 Å². The Labute approximate surface area is 116 Å². The fourth-order valence-corrected chi connectivity index (χ4v) is 1.89.